The molecule has 0 fully saturated rings. The van der Waals surface area contributed by atoms with Crippen molar-refractivity contribution >= 4 is 11.9 Å². The van der Waals surface area contributed by atoms with Crippen LogP contribution in [0.4, 0.5) is 0 Å². The zero-order chi connectivity index (χ0) is 15.0. The lowest BCUT2D eigenvalue weighted by Crippen LogP contribution is -2.44. The van der Waals surface area contributed by atoms with Crippen LogP contribution in [0.25, 0.3) is 0 Å². The predicted molar refractivity (Wildman–Crippen MR) is 72.5 cm³/mol. The van der Waals surface area contributed by atoms with E-state index in [-0.39, 0.29) is 12.5 Å². The number of rotatable bonds is 7. The first-order chi connectivity index (χ1) is 9.60. The number of hydrogen-bond donors (Lipinski definition) is 1. The Morgan fingerprint density at radius 3 is 2.60 bits per heavy atom. The SMILES string of the molecule is COCC(=O)N[C@H](Cc1cccc(OC)c1)C(=O)OC. The highest BCUT2D eigenvalue weighted by atomic mass is 16.5. The van der Waals surface area contributed by atoms with E-state index >= 15 is 0 Å². The van der Waals surface area contributed by atoms with Gasteiger partial charge in [-0.1, -0.05) is 12.1 Å². The minimum atomic E-state index is -0.755. The molecule has 6 heteroatoms. The molecule has 1 N–H and O–H groups in total. The summed E-state index contributed by atoms with van der Waals surface area (Å²) in [6, 6.07) is 6.52. The number of amides is 1. The Morgan fingerprint density at radius 1 is 1.25 bits per heavy atom. The molecule has 0 aliphatic rings. The minimum Gasteiger partial charge on any atom is -0.497 e. The molecule has 6 nitrogen and oxygen atoms in total. The van der Waals surface area contributed by atoms with Crippen LogP contribution in [0.5, 0.6) is 5.75 Å². The highest BCUT2D eigenvalue weighted by Gasteiger charge is 2.21. The fourth-order valence-electron chi connectivity index (χ4n) is 1.74. The quantitative estimate of drug-likeness (QED) is 0.738. The lowest BCUT2D eigenvalue weighted by Gasteiger charge is -2.16. The molecule has 0 bridgehead atoms. The second-order valence-corrected chi connectivity index (χ2v) is 4.13. The van der Waals surface area contributed by atoms with E-state index in [1.165, 1.54) is 14.2 Å². The van der Waals surface area contributed by atoms with Crippen LogP contribution in [0.2, 0.25) is 0 Å². The maximum absolute atomic E-state index is 11.7. The summed E-state index contributed by atoms with van der Waals surface area (Å²) < 4.78 is 14.5. The highest BCUT2D eigenvalue weighted by molar-refractivity contribution is 5.85. The van der Waals surface area contributed by atoms with Gasteiger partial charge < -0.3 is 19.5 Å². The standard InChI is InChI=1S/C14H19NO5/c1-18-9-13(16)15-12(14(17)20-3)8-10-5-4-6-11(7-10)19-2/h4-7,12H,8-9H2,1-3H3,(H,15,16)/t12-/m1/s1. The summed E-state index contributed by atoms with van der Waals surface area (Å²) in [7, 11) is 4.26. The van der Waals surface area contributed by atoms with Crippen molar-refractivity contribution in [2.45, 2.75) is 12.5 Å². The van der Waals surface area contributed by atoms with E-state index in [0.717, 1.165) is 5.56 Å². The molecule has 0 spiro atoms. The van der Waals surface area contributed by atoms with Gasteiger partial charge in [0.25, 0.3) is 0 Å². The lowest BCUT2D eigenvalue weighted by molar-refractivity contribution is -0.145. The molecule has 0 heterocycles. The molecule has 0 radical (unpaired) electrons. The van der Waals surface area contributed by atoms with Gasteiger partial charge in [0.05, 0.1) is 14.2 Å². The van der Waals surface area contributed by atoms with Crippen molar-refractivity contribution in [3.8, 4) is 5.75 Å². The van der Waals surface area contributed by atoms with E-state index in [9.17, 15) is 9.59 Å². The van der Waals surface area contributed by atoms with Crippen LogP contribution in [0.1, 0.15) is 5.56 Å². The van der Waals surface area contributed by atoms with Gasteiger partial charge in [-0.05, 0) is 17.7 Å². The summed E-state index contributed by atoms with van der Waals surface area (Å²) in [5.41, 5.74) is 0.859. The number of nitrogens with one attached hydrogen (secondary N) is 1. The number of carbonyl (C=O) groups excluding carboxylic acids is 2. The van der Waals surface area contributed by atoms with Crippen molar-refractivity contribution in [1.29, 1.82) is 0 Å². The van der Waals surface area contributed by atoms with E-state index in [2.05, 4.69) is 5.32 Å². The molecule has 110 valence electrons. The molecule has 20 heavy (non-hydrogen) atoms. The van der Waals surface area contributed by atoms with Gasteiger partial charge in [0, 0.05) is 13.5 Å². The van der Waals surface area contributed by atoms with Crippen molar-refractivity contribution < 1.29 is 23.8 Å². The predicted octanol–water partition coefficient (Wildman–Crippen LogP) is 0.542. The average molecular weight is 281 g/mol. The number of esters is 1. The molecule has 0 unspecified atom stereocenters. The zero-order valence-corrected chi connectivity index (χ0v) is 11.8. The second-order valence-electron chi connectivity index (χ2n) is 4.13. The summed E-state index contributed by atoms with van der Waals surface area (Å²) in [5, 5.41) is 2.58. The summed E-state index contributed by atoms with van der Waals surface area (Å²) >= 11 is 0. The Labute approximate surface area is 118 Å². The summed E-state index contributed by atoms with van der Waals surface area (Å²) in [6.45, 7) is -0.106. The van der Waals surface area contributed by atoms with Gasteiger partial charge in [-0.25, -0.2) is 4.79 Å². The first-order valence-corrected chi connectivity index (χ1v) is 6.09. The molecular weight excluding hydrogens is 262 g/mol. The van der Waals surface area contributed by atoms with E-state index in [0.29, 0.717) is 12.2 Å². The molecule has 1 amide bonds. The van der Waals surface area contributed by atoms with E-state index in [1.54, 1.807) is 19.2 Å². The maximum atomic E-state index is 11.7. The fourth-order valence-corrected chi connectivity index (χ4v) is 1.74. The van der Waals surface area contributed by atoms with Gasteiger partial charge >= 0.3 is 5.97 Å². The number of carbonyl (C=O) groups is 2. The van der Waals surface area contributed by atoms with E-state index < -0.39 is 12.0 Å². The summed E-state index contributed by atoms with van der Waals surface area (Å²) in [4.78, 5) is 23.2. The Morgan fingerprint density at radius 2 is 2.00 bits per heavy atom. The van der Waals surface area contributed by atoms with Crippen LogP contribution in [0.3, 0.4) is 0 Å². The third-order valence-electron chi connectivity index (χ3n) is 2.67. The molecular formula is C14H19NO5. The maximum Gasteiger partial charge on any atom is 0.328 e. The third kappa shape index (κ3) is 4.89. The van der Waals surface area contributed by atoms with Crippen LogP contribution in [-0.2, 0) is 25.5 Å². The normalized spacial score (nSPS) is 11.6. The molecule has 0 aromatic heterocycles. The van der Waals surface area contributed by atoms with Gasteiger partial charge in [0.1, 0.15) is 18.4 Å². The van der Waals surface area contributed by atoms with Crippen LogP contribution in [-0.4, -0.2) is 45.9 Å². The summed E-state index contributed by atoms with van der Waals surface area (Å²) in [5.74, 6) is -0.183. The van der Waals surface area contributed by atoms with Crippen molar-refractivity contribution in [2.24, 2.45) is 0 Å². The van der Waals surface area contributed by atoms with Crippen molar-refractivity contribution in [1.82, 2.24) is 5.32 Å². The molecule has 1 aromatic carbocycles. The smallest absolute Gasteiger partial charge is 0.328 e. The Bertz CT molecular complexity index is 461. The Hall–Kier alpha value is -2.08. The molecule has 1 atom stereocenters. The largest absolute Gasteiger partial charge is 0.497 e. The molecule has 0 aliphatic heterocycles. The summed E-state index contributed by atoms with van der Waals surface area (Å²) in [6.07, 6.45) is 0.319. The average Bonchev–Trinajstić information content (AvgIpc) is 2.46. The second kappa shape index (κ2) is 8.16. The number of ether oxygens (including phenoxy) is 3. The van der Waals surface area contributed by atoms with Crippen molar-refractivity contribution in [3.05, 3.63) is 29.8 Å². The van der Waals surface area contributed by atoms with Gasteiger partial charge in [-0.3, -0.25) is 4.79 Å². The molecule has 0 saturated heterocycles. The first-order valence-electron chi connectivity index (χ1n) is 6.09. The van der Waals surface area contributed by atoms with Crippen molar-refractivity contribution in [2.75, 3.05) is 27.9 Å². The van der Waals surface area contributed by atoms with Crippen LogP contribution in [0, 0.1) is 0 Å². The monoisotopic (exact) mass is 281 g/mol. The van der Waals surface area contributed by atoms with E-state index in [4.69, 9.17) is 14.2 Å². The zero-order valence-electron chi connectivity index (χ0n) is 11.8. The van der Waals surface area contributed by atoms with E-state index in [1.807, 2.05) is 12.1 Å². The van der Waals surface area contributed by atoms with Gasteiger partial charge in [0.2, 0.25) is 5.91 Å². The highest BCUT2D eigenvalue weighted by Crippen LogP contribution is 2.14. The first kappa shape index (κ1) is 16.0. The Balaban J connectivity index is 2.78. The van der Waals surface area contributed by atoms with Gasteiger partial charge in [0.15, 0.2) is 0 Å². The van der Waals surface area contributed by atoms with Crippen molar-refractivity contribution in [3.63, 3.8) is 0 Å². The fraction of sp³-hybridized carbons (Fsp3) is 0.429. The topological polar surface area (TPSA) is 73.9 Å². The minimum absolute atomic E-state index is 0.106. The number of hydrogen-bond acceptors (Lipinski definition) is 5. The molecule has 0 saturated carbocycles. The number of benzene rings is 1. The number of methoxy groups -OCH3 is 3. The molecule has 1 rings (SSSR count). The molecule has 0 aliphatic carbocycles. The van der Waals surface area contributed by atoms with Gasteiger partial charge in [-0.2, -0.15) is 0 Å². The van der Waals surface area contributed by atoms with Crippen LogP contribution in [0.15, 0.2) is 24.3 Å². The lowest BCUT2D eigenvalue weighted by atomic mass is 10.1. The van der Waals surface area contributed by atoms with Crippen LogP contribution < -0.4 is 10.1 Å². The van der Waals surface area contributed by atoms with Crippen LogP contribution >= 0.6 is 0 Å². The third-order valence-corrected chi connectivity index (χ3v) is 2.67. The Kier molecular flexibility index (Phi) is 6.52. The molecule has 1 aromatic rings. The van der Waals surface area contributed by atoms with Gasteiger partial charge in [-0.15, -0.1) is 0 Å².